The molecule has 0 aromatic heterocycles. The first kappa shape index (κ1) is 29.2. The first-order valence-electron chi connectivity index (χ1n) is 11.2. The quantitative estimate of drug-likeness (QED) is 0.528. The molecular formula is C26H45NO2. The SMILES string of the molecule is C/C=C\N/C=C(\C)CC1CCOc2ccc(C)cc21.CC.CC.CCCC(C)=O. The van der Waals surface area contributed by atoms with E-state index in [4.69, 9.17) is 4.74 Å². The van der Waals surface area contributed by atoms with Crippen molar-refractivity contribution < 1.29 is 9.53 Å². The molecule has 0 radical (unpaired) electrons. The Labute approximate surface area is 180 Å². The summed E-state index contributed by atoms with van der Waals surface area (Å²) in [5.74, 6) is 1.93. The molecule has 1 unspecified atom stereocenters. The van der Waals surface area contributed by atoms with Crippen LogP contribution in [0, 0.1) is 6.92 Å². The van der Waals surface area contributed by atoms with Gasteiger partial charge in [0.05, 0.1) is 6.61 Å². The van der Waals surface area contributed by atoms with E-state index in [0.29, 0.717) is 5.92 Å². The summed E-state index contributed by atoms with van der Waals surface area (Å²) >= 11 is 0. The maximum atomic E-state index is 10.0. The Morgan fingerprint density at radius 1 is 1.21 bits per heavy atom. The number of carbonyl (C=O) groups is 1. The number of allylic oxidation sites excluding steroid dienone is 2. The topological polar surface area (TPSA) is 38.3 Å². The third-order valence-corrected chi connectivity index (χ3v) is 4.09. The summed E-state index contributed by atoms with van der Waals surface area (Å²) in [4.78, 5) is 10.0. The Bertz CT molecular complexity index is 603. The van der Waals surface area contributed by atoms with Crippen LogP contribution in [0.3, 0.4) is 0 Å². The number of hydrogen-bond acceptors (Lipinski definition) is 3. The van der Waals surface area contributed by atoms with Crippen LogP contribution in [0.4, 0.5) is 0 Å². The zero-order chi connectivity index (χ0) is 22.7. The van der Waals surface area contributed by atoms with Crippen molar-refractivity contribution in [2.24, 2.45) is 0 Å². The molecule has 1 N–H and O–H groups in total. The summed E-state index contributed by atoms with van der Waals surface area (Å²) in [5.41, 5.74) is 4.05. The van der Waals surface area contributed by atoms with Gasteiger partial charge in [-0.1, -0.05) is 64.0 Å². The van der Waals surface area contributed by atoms with Crippen molar-refractivity contribution in [1.82, 2.24) is 5.32 Å². The van der Waals surface area contributed by atoms with Gasteiger partial charge in [-0.3, -0.25) is 0 Å². The molecule has 29 heavy (non-hydrogen) atoms. The molecule has 1 atom stereocenters. The van der Waals surface area contributed by atoms with Gasteiger partial charge in [-0.05, 0) is 76.9 Å². The van der Waals surface area contributed by atoms with Crippen molar-refractivity contribution in [3.05, 3.63) is 53.4 Å². The first-order valence-corrected chi connectivity index (χ1v) is 11.2. The maximum absolute atomic E-state index is 10.0. The molecule has 0 fully saturated rings. The highest BCUT2D eigenvalue weighted by Crippen LogP contribution is 2.37. The van der Waals surface area contributed by atoms with Gasteiger partial charge in [0.2, 0.25) is 0 Å². The fourth-order valence-electron chi connectivity index (χ4n) is 2.88. The average Bonchev–Trinajstić information content (AvgIpc) is 2.72. The third kappa shape index (κ3) is 13.7. The van der Waals surface area contributed by atoms with E-state index >= 15 is 0 Å². The molecule has 1 aromatic rings. The number of ether oxygens (including phenoxy) is 1. The van der Waals surface area contributed by atoms with Crippen LogP contribution in [0.1, 0.15) is 98.1 Å². The number of rotatable bonds is 6. The third-order valence-electron chi connectivity index (χ3n) is 4.09. The molecule has 0 aliphatic carbocycles. The van der Waals surface area contributed by atoms with Crippen molar-refractivity contribution in [3.63, 3.8) is 0 Å². The summed E-state index contributed by atoms with van der Waals surface area (Å²) in [6, 6.07) is 6.50. The highest BCUT2D eigenvalue weighted by Gasteiger charge is 2.21. The van der Waals surface area contributed by atoms with Crippen molar-refractivity contribution >= 4 is 5.78 Å². The summed E-state index contributed by atoms with van der Waals surface area (Å²) in [6.07, 6.45) is 9.94. The molecule has 0 saturated carbocycles. The number of hydrogen-bond donors (Lipinski definition) is 1. The second-order valence-electron chi connectivity index (χ2n) is 6.69. The molecule has 166 valence electrons. The van der Waals surface area contributed by atoms with Gasteiger partial charge in [-0.15, -0.1) is 0 Å². The lowest BCUT2D eigenvalue weighted by atomic mass is 9.87. The van der Waals surface area contributed by atoms with E-state index in [1.807, 2.05) is 53.8 Å². The van der Waals surface area contributed by atoms with Gasteiger partial charge >= 0.3 is 0 Å². The average molecular weight is 404 g/mol. The van der Waals surface area contributed by atoms with Crippen molar-refractivity contribution in [2.45, 2.75) is 93.9 Å². The molecule has 3 heteroatoms. The van der Waals surface area contributed by atoms with E-state index in [1.165, 1.54) is 16.7 Å². The Hall–Kier alpha value is -2.03. The fourth-order valence-corrected chi connectivity index (χ4v) is 2.88. The molecule has 2 rings (SSSR count). The highest BCUT2D eigenvalue weighted by atomic mass is 16.5. The number of Topliss-reactive ketones (excluding diaryl/α,β-unsaturated/α-hetero) is 1. The number of carbonyl (C=O) groups excluding carboxylic acids is 1. The van der Waals surface area contributed by atoms with Gasteiger partial charge < -0.3 is 14.8 Å². The van der Waals surface area contributed by atoms with E-state index < -0.39 is 0 Å². The second kappa shape index (κ2) is 19.3. The zero-order valence-electron chi connectivity index (χ0n) is 20.4. The lowest BCUT2D eigenvalue weighted by molar-refractivity contribution is -0.117. The Kier molecular flexibility index (Phi) is 19.4. The smallest absolute Gasteiger partial charge is 0.129 e. The lowest BCUT2D eigenvalue weighted by Crippen LogP contribution is -2.15. The normalized spacial score (nSPS) is 14.7. The predicted octanol–water partition coefficient (Wildman–Crippen LogP) is 7.71. The number of benzene rings is 1. The minimum Gasteiger partial charge on any atom is -0.493 e. The van der Waals surface area contributed by atoms with Gasteiger partial charge in [0.1, 0.15) is 11.5 Å². The second-order valence-corrected chi connectivity index (χ2v) is 6.69. The summed E-state index contributed by atoms with van der Waals surface area (Å²) in [5, 5.41) is 3.19. The molecule has 1 aliphatic rings. The van der Waals surface area contributed by atoms with Crippen LogP contribution < -0.4 is 10.1 Å². The highest BCUT2D eigenvalue weighted by molar-refractivity contribution is 5.75. The van der Waals surface area contributed by atoms with Gasteiger partial charge in [-0.2, -0.15) is 0 Å². The van der Waals surface area contributed by atoms with E-state index in [0.717, 1.165) is 38.0 Å². The number of fused-ring (bicyclic) bond motifs is 1. The summed E-state index contributed by atoms with van der Waals surface area (Å²) < 4.78 is 5.74. The van der Waals surface area contributed by atoms with Crippen LogP contribution in [0.25, 0.3) is 0 Å². The molecule has 0 saturated heterocycles. The predicted molar refractivity (Wildman–Crippen MR) is 129 cm³/mol. The van der Waals surface area contributed by atoms with E-state index in [9.17, 15) is 4.79 Å². The first-order chi connectivity index (χ1) is 14.0. The Morgan fingerprint density at radius 3 is 2.38 bits per heavy atom. The number of nitrogens with one attached hydrogen (secondary N) is 1. The molecule has 1 aliphatic heterocycles. The molecule has 1 aromatic carbocycles. The van der Waals surface area contributed by atoms with E-state index in [1.54, 1.807) is 6.92 Å². The Balaban J connectivity index is 0. The minimum atomic E-state index is 0.289. The van der Waals surface area contributed by atoms with Crippen LogP contribution in [-0.2, 0) is 4.79 Å². The van der Waals surface area contributed by atoms with Crippen LogP contribution >= 0.6 is 0 Å². The molecule has 0 spiro atoms. The van der Waals surface area contributed by atoms with E-state index in [-0.39, 0.29) is 5.78 Å². The molecular weight excluding hydrogens is 358 g/mol. The standard InChI is InChI=1S/C17H23NO.C5H10O.2C2H6/c1-4-8-18-12-14(3)10-15-7-9-19-17-6-5-13(2)11-16(15)17;1-3-4-5(2)6;2*1-2/h4-6,8,11-12,15,18H,7,9-10H2,1-3H3;3-4H2,1-2H3;2*1-2H3/b8-4-,14-12+;;;. The van der Waals surface area contributed by atoms with Crippen LogP contribution in [0.2, 0.25) is 0 Å². The van der Waals surface area contributed by atoms with Crippen molar-refractivity contribution in [2.75, 3.05) is 6.61 Å². The monoisotopic (exact) mass is 403 g/mol. The van der Waals surface area contributed by atoms with Gasteiger partial charge in [-0.25, -0.2) is 0 Å². The number of aryl methyl sites for hydroxylation is 1. The Morgan fingerprint density at radius 2 is 1.86 bits per heavy atom. The summed E-state index contributed by atoms with van der Waals surface area (Å²) in [6.45, 7) is 18.8. The van der Waals surface area contributed by atoms with Crippen molar-refractivity contribution in [3.8, 4) is 5.75 Å². The zero-order valence-corrected chi connectivity index (χ0v) is 20.4. The molecule has 0 bridgehead atoms. The van der Waals surface area contributed by atoms with Crippen LogP contribution in [-0.4, -0.2) is 12.4 Å². The molecule has 1 heterocycles. The maximum Gasteiger partial charge on any atom is 0.129 e. The van der Waals surface area contributed by atoms with Gasteiger partial charge in [0, 0.05) is 6.42 Å². The lowest BCUT2D eigenvalue weighted by Gasteiger charge is -2.26. The van der Waals surface area contributed by atoms with Gasteiger partial charge in [0.25, 0.3) is 0 Å². The minimum absolute atomic E-state index is 0.289. The van der Waals surface area contributed by atoms with Crippen LogP contribution in [0.5, 0.6) is 5.75 Å². The molecule has 3 nitrogen and oxygen atoms in total. The molecule has 0 amide bonds. The van der Waals surface area contributed by atoms with E-state index in [2.05, 4.69) is 43.6 Å². The van der Waals surface area contributed by atoms with Crippen molar-refractivity contribution in [1.29, 1.82) is 0 Å². The fraction of sp³-hybridized carbons (Fsp3) is 0.577. The largest absolute Gasteiger partial charge is 0.493 e. The van der Waals surface area contributed by atoms with Crippen LogP contribution in [0.15, 0.2) is 42.2 Å². The number of ketones is 1. The summed E-state index contributed by atoms with van der Waals surface area (Å²) in [7, 11) is 0. The van der Waals surface area contributed by atoms with Gasteiger partial charge in [0.15, 0.2) is 0 Å².